The summed E-state index contributed by atoms with van der Waals surface area (Å²) in [6.07, 6.45) is -0.0664. The van der Waals surface area contributed by atoms with Crippen molar-refractivity contribution >= 4 is 17.6 Å². The van der Waals surface area contributed by atoms with Crippen LogP contribution in [0.3, 0.4) is 0 Å². The monoisotopic (exact) mass is 309 g/mol. The Labute approximate surface area is 127 Å². The van der Waals surface area contributed by atoms with Gasteiger partial charge in [0.25, 0.3) is 0 Å². The molecule has 21 heavy (non-hydrogen) atoms. The van der Waals surface area contributed by atoms with Gasteiger partial charge in [0.2, 0.25) is 0 Å². The standard InChI is InChI=1S/C14H16ClN3O3/c1-9(20-2)8-18-13(10-4-6-11(15)7-5-10)12(16-17-18)14(19)21-3/h4-7,9H,8H2,1-3H3. The van der Waals surface area contributed by atoms with Crippen molar-refractivity contribution in [1.29, 1.82) is 0 Å². The third-order valence-corrected chi connectivity index (χ3v) is 3.32. The molecule has 0 bridgehead atoms. The van der Waals surface area contributed by atoms with Gasteiger partial charge >= 0.3 is 5.97 Å². The molecule has 7 heteroatoms. The Morgan fingerprint density at radius 2 is 2.00 bits per heavy atom. The molecule has 2 rings (SSSR count). The van der Waals surface area contributed by atoms with Gasteiger partial charge in [-0.25, -0.2) is 9.48 Å². The van der Waals surface area contributed by atoms with Crippen molar-refractivity contribution in [2.24, 2.45) is 0 Å². The Morgan fingerprint density at radius 3 is 2.57 bits per heavy atom. The second kappa shape index (κ2) is 6.69. The fourth-order valence-corrected chi connectivity index (χ4v) is 2.01. The second-order valence-electron chi connectivity index (χ2n) is 4.51. The molecule has 0 aliphatic heterocycles. The van der Waals surface area contributed by atoms with E-state index in [0.29, 0.717) is 17.3 Å². The van der Waals surface area contributed by atoms with Crippen molar-refractivity contribution in [3.8, 4) is 11.3 Å². The number of methoxy groups -OCH3 is 2. The zero-order chi connectivity index (χ0) is 15.4. The van der Waals surface area contributed by atoms with E-state index in [4.69, 9.17) is 21.1 Å². The lowest BCUT2D eigenvalue weighted by Gasteiger charge is -2.12. The van der Waals surface area contributed by atoms with Gasteiger partial charge in [-0.3, -0.25) is 0 Å². The molecule has 0 N–H and O–H groups in total. The van der Waals surface area contributed by atoms with Gasteiger partial charge in [-0.1, -0.05) is 28.9 Å². The summed E-state index contributed by atoms with van der Waals surface area (Å²) in [5, 5.41) is 8.56. The van der Waals surface area contributed by atoms with Gasteiger partial charge in [0.05, 0.1) is 19.8 Å². The summed E-state index contributed by atoms with van der Waals surface area (Å²) in [5.74, 6) is -0.531. The predicted molar refractivity (Wildman–Crippen MR) is 78.3 cm³/mol. The van der Waals surface area contributed by atoms with Crippen molar-refractivity contribution in [2.45, 2.75) is 19.6 Å². The third kappa shape index (κ3) is 3.40. The van der Waals surface area contributed by atoms with Crippen LogP contribution in [0.25, 0.3) is 11.3 Å². The van der Waals surface area contributed by atoms with E-state index in [-0.39, 0.29) is 11.8 Å². The van der Waals surface area contributed by atoms with Gasteiger partial charge in [-0.2, -0.15) is 0 Å². The summed E-state index contributed by atoms with van der Waals surface area (Å²) < 4.78 is 11.6. The van der Waals surface area contributed by atoms with Crippen molar-refractivity contribution in [1.82, 2.24) is 15.0 Å². The molecule has 0 fully saturated rings. The van der Waals surface area contributed by atoms with Crippen LogP contribution in [0, 0.1) is 0 Å². The van der Waals surface area contributed by atoms with E-state index in [9.17, 15) is 4.79 Å². The van der Waals surface area contributed by atoms with Crippen LogP contribution in [-0.4, -0.2) is 41.3 Å². The van der Waals surface area contributed by atoms with E-state index in [1.165, 1.54) is 7.11 Å². The number of carbonyl (C=O) groups is 1. The first-order chi connectivity index (χ1) is 10.1. The number of nitrogens with zero attached hydrogens (tertiary/aromatic N) is 3. The highest BCUT2D eigenvalue weighted by Gasteiger charge is 2.22. The van der Waals surface area contributed by atoms with E-state index < -0.39 is 5.97 Å². The third-order valence-electron chi connectivity index (χ3n) is 3.06. The lowest BCUT2D eigenvalue weighted by molar-refractivity contribution is 0.0594. The number of benzene rings is 1. The molecule has 112 valence electrons. The highest BCUT2D eigenvalue weighted by atomic mass is 35.5. The van der Waals surface area contributed by atoms with Crippen LogP contribution in [0.1, 0.15) is 17.4 Å². The van der Waals surface area contributed by atoms with Crippen LogP contribution in [0.5, 0.6) is 0 Å². The maximum absolute atomic E-state index is 11.8. The minimum Gasteiger partial charge on any atom is -0.464 e. The minimum atomic E-state index is -0.531. The van der Waals surface area contributed by atoms with Gasteiger partial charge in [-0.05, 0) is 19.1 Å². The number of ether oxygens (including phenoxy) is 2. The molecule has 0 aliphatic carbocycles. The number of esters is 1. The Kier molecular flexibility index (Phi) is 4.93. The smallest absolute Gasteiger partial charge is 0.360 e. The van der Waals surface area contributed by atoms with Crippen LogP contribution in [0.4, 0.5) is 0 Å². The number of halogens is 1. The second-order valence-corrected chi connectivity index (χ2v) is 4.95. The maximum atomic E-state index is 11.8. The van der Waals surface area contributed by atoms with Crippen LogP contribution >= 0.6 is 11.6 Å². The fraction of sp³-hybridized carbons (Fsp3) is 0.357. The molecule has 0 saturated carbocycles. The van der Waals surface area contributed by atoms with Crippen LogP contribution in [0.2, 0.25) is 5.02 Å². The first-order valence-corrected chi connectivity index (χ1v) is 6.75. The van der Waals surface area contributed by atoms with Gasteiger partial charge < -0.3 is 9.47 Å². The van der Waals surface area contributed by atoms with E-state index in [2.05, 4.69) is 10.3 Å². The zero-order valence-corrected chi connectivity index (χ0v) is 12.8. The van der Waals surface area contributed by atoms with Crippen molar-refractivity contribution in [2.75, 3.05) is 14.2 Å². The normalized spacial score (nSPS) is 12.2. The van der Waals surface area contributed by atoms with Gasteiger partial charge in [-0.15, -0.1) is 5.10 Å². The first-order valence-electron chi connectivity index (χ1n) is 6.37. The molecule has 1 aromatic heterocycles. The number of aromatic nitrogens is 3. The molecule has 1 aromatic carbocycles. The molecule has 1 heterocycles. The summed E-state index contributed by atoms with van der Waals surface area (Å²) in [6, 6.07) is 7.10. The molecule has 2 aromatic rings. The number of hydrogen-bond acceptors (Lipinski definition) is 5. The number of hydrogen-bond donors (Lipinski definition) is 0. The molecule has 1 unspecified atom stereocenters. The molecule has 6 nitrogen and oxygen atoms in total. The summed E-state index contributed by atoms with van der Waals surface area (Å²) in [4.78, 5) is 11.8. The lowest BCUT2D eigenvalue weighted by atomic mass is 10.1. The Morgan fingerprint density at radius 1 is 1.33 bits per heavy atom. The summed E-state index contributed by atoms with van der Waals surface area (Å²) >= 11 is 5.90. The van der Waals surface area contributed by atoms with Gasteiger partial charge in [0.1, 0.15) is 5.69 Å². The fourth-order valence-electron chi connectivity index (χ4n) is 1.89. The minimum absolute atomic E-state index is 0.0664. The zero-order valence-electron chi connectivity index (χ0n) is 12.0. The highest BCUT2D eigenvalue weighted by Crippen LogP contribution is 2.25. The Balaban J connectivity index is 2.50. The summed E-state index contributed by atoms with van der Waals surface area (Å²) in [6.45, 7) is 2.38. The highest BCUT2D eigenvalue weighted by molar-refractivity contribution is 6.30. The molecule has 0 radical (unpaired) electrons. The average Bonchev–Trinajstić information content (AvgIpc) is 2.90. The van der Waals surface area contributed by atoms with Crippen molar-refractivity contribution in [3.05, 3.63) is 35.0 Å². The van der Waals surface area contributed by atoms with Crippen LogP contribution < -0.4 is 0 Å². The molecule has 0 saturated heterocycles. The van der Waals surface area contributed by atoms with Crippen LogP contribution in [0.15, 0.2) is 24.3 Å². The largest absolute Gasteiger partial charge is 0.464 e. The molecule has 0 spiro atoms. The average molecular weight is 310 g/mol. The van der Waals surface area contributed by atoms with Gasteiger partial charge in [0, 0.05) is 17.7 Å². The molecule has 1 atom stereocenters. The molecule has 0 aliphatic rings. The topological polar surface area (TPSA) is 66.2 Å². The first kappa shape index (κ1) is 15.5. The Bertz CT molecular complexity index is 625. The predicted octanol–water partition coefficient (Wildman–Crippen LogP) is 2.42. The van der Waals surface area contributed by atoms with E-state index in [1.54, 1.807) is 36.1 Å². The Hall–Kier alpha value is -1.92. The summed E-state index contributed by atoms with van der Waals surface area (Å²) in [5.41, 5.74) is 1.54. The number of rotatable bonds is 5. The van der Waals surface area contributed by atoms with E-state index in [0.717, 1.165) is 5.56 Å². The lowest BCUT2D eigenvalue weighted by Crippen LogP contribution is -2.17. The summed E-state index contributed by atoms with van der Waals surface area (Å²) in [7, 11) is 2.93. The SMILES string of the molecule is COC(=O)c1nnn(CC(C)OC)c1-c1ccc(Cl)cc1. The van der Waals surface area contributed by atoms with Crippen LogP contribution in [-0.2, 0) is 16.0 Å². The van der Waals surface area contributed by atoms with Crippen molar-refractivity contribution in [3.63, 3.8) is 0 Å². The quantitative estimate of drug-likeness (QED) is 0.794. The van der Waals surface area contributed by atoms with E-state index in [1.807, 2.05) is 6.92 Å². The molecular weight excluding hydrogens is 294 g/mol. The molecule has 0 amide bonds. The van der Waals surface area contributed by atoms with E-state index >= 15 is 0 Å². The van der Waals surface area contributed by atoms with Crippen molar-refractivity contribution < 1.29 is 14.3 Å². The number of carbonyl (C=O) groups excluding carboxylic acids is 1. The van der Waals surface area contributed by atoms with Gasteiger partial charge in [0.15, 0.2) is 5.69 Å². The molecular formula is C14H16ClN3O3. The maximum Gasteiger partial charge on any atom is 0.360 e.